The molecule has 0 aliphatic heterocycles. The molecule has 0 amide bonds. The van der Waals surface area contributed by atoms with Crippen molar-refractivity contribution in [2.24, 2.45) is 5.84 Å². The maximum absolute atomic E-state index is 5.71. The van der Waals surface area contributed by atoms with E-state index in [1.165, 1.54) is 16.3 Å². The van der Waals surface area contributed by atoms with E-state index in [9.17, 15) is 0 Å². The Labute approximate surface area is 128 Å². The average Bonchev–Trinajstić information content (AvgIpc) is 2.91. The molecule has 3 N–H and O–H groups in total. The quantitative estimate of drug-likeness (QED) is 0.561. The minimum atomic E-state index is 0.202. The molecule has 0 saturated carbocycles. The third-order valence-electron chi connectivity index (χ3n) is 3.65. The lowest BCUT2D eigenvalue weighted by molar-refractivity contribution is 0.518. The number of benzene rings is 2. The van der Waals surface area contributed by atoms with Gasteiger partial charge in [-0.3, -0.25) is 11.3 Å². The van der Waals surface area contributed by atoms with E-state index in [1.807, 2.05) is 6.92 Å². The van der Waals surface area contributed by atoms with Gasteiger partial charge < -0.3 is 0 Å². The number of nitrogens with two attached hydrogens (primary N) is 1. The van der Waals surface area contributed by atoms with Gasteiger partial charge in [0.1, 0.15) is 0 Å². The number of hydrazine groups is 1. The van der Waals surface area contributed by atoms with E-state index >= 15 is 0 Å². The molecule has 2 aromatic carbocycles. The number of thiazole rings is 1. The normalized spacial score (nSPS) is 12.7. The zero-order valence-electron chi connectivity index (χ0n) is 12.0. The van der Waals surface area contributed by atoms with Crippen molar-refractivity contribution in [3.63, 3.8) is 0 Å². The number of hydrogen-bond acceptors (Lipinski definition) is 4. The Morgan fingerprint density at radius 1 is 1.14 bits per heavy atom. The minimum Gasteiger partial charge on any atom is -0.271 e. The van der Waals surface area contributed by atoms with Crippen molar-refractivity contribution >= 4 is 22.1 Å². The van der Waals surface area contributed by atoms with Crippen molar-refractivity contribution in [1.82, 2.24) is 10.4 Å². The van der Waals surface area contributed by atoms with Gasteiger partial charge in [0.25, 0.3) is 0 Å². The van der Waals surface area contributed by atoms with Crippen LogP contribution in [0.3, 0.4) is 0 Å². The highest BCUT2D eigenvalue weighted by atomic mass is 32.1. The van der Waals surface area contributed by atoms with Crippen LogP contribution in [0.25, 0.3) is 10.8 Å². The number of rotatable bonds is 5. The lowest BCUT2D eigenvalue weighted by Crippen LogP contribution is -2.38. The Kier molecular flexibility index (Phi) is 4.29. The van der Waals surface area contributed by atoms with Gasteiger partial charge in [0.15, 0.2) is 0 Å². The Balaban J connectivity index is 1.75. The summed E-state index contributed by atoms with van der Waals surface area (Å²) >= 11 is 1.69. The molecule has 0 radical (unpaired) electrons. The summed E-state index contributed by atoms with van der Waals surface area (Å²) in [5.41, 5.74) is 5.33. The first kappa shape index (κ1) is 14.2. The van der Waals surface area contributed by atoms with Crippen molar-refractivity contribution in [1.29, 1.82) is 0 Å². The summed E-state index contributed by atoms with van der Waals surface area (Å²) in [6.07, 6.45) is 1.76. The molecule has 3 aromatic rings. The highest BCUT2D eigenvalue weighted by Crippen LogP contribution is 2.18. The Bertz CT molecular complexity index is 735. The summed E-state index contributed by atoms with van der Waals surface area (Å²) in [6, 6.07) is 15.2. The van der Waals surface area contributed by atoms with Crippen molar-refractivity contribution in [2.75, 3.05) is 0 Å². The minimum absolute atomic E-state index is 0.202. The summed E-state index contributed by atoms with van der Waals surface area (Å²) in [5.74, 6) is 5.71. The van der Waals surface area contributed by atoms with E-state index in [-0.39, 0.29) is 6.04 Å². The van der Waals surface area contributed by atoms with Gasteiger partial charge in [-0.25, -0.2) is 4.98 Å². The fraction of sp³-hybridized carbons (Fsp3) is 0.235. The van der Waals surface area contributed by atoms with Crippen LogP contribution in [-0.2, 0) is 12.8 Å². The first-order valence-corrected chi connectivity index (χ1v) is 7.97. The number of aryl methyl sites for hydroxylation is 1. The van der Waals surface area contributed by atoms with Crippen LogP contribution in [0.5, 0.6) is 0 Å². The number of nitrogens with zero attached hydrogens (tertiary/aromatic N) is 1. The van der Waals surface area contributed by atoms with E-state index in [4.69, 9.17) is 5.84 Å². The first-order chi connectivity index (χ1) is 10.2. The molecular weight excluding hydrogens is 278 g/mol. The van der Waals surface area contributed by atoms with Crippen LogP contribution >= 0.6 is 11.3 Å². The zero-order chi connectivity index (χ0) is 14.7. The van der Waals surface area contributed by atoms with E-state index in [0.29, 0.717) is 0 Å². The van der Waals surface area contributed by atoms with Crippen molar-refractivity contribution in [3.05, 3.63) is 64.1 Å². The Morgan fingerprint density at radius 3 is 2.67 bits per heavy atom. The summed E-state index contributed by atoms with van der Waals surface area (Å²) in [5, 5.41) is 5.76. The molecule has 108 valence electrons. The summed E-state index contributed by atoms with van der Waals surface area (Å²) in [7, 11) is 0. The molecule has 4 heteroatoms. The second-order valence-corrected chi connectivity index (χ2v) is 6.37. The molecule has 0 aliphatic carbocycles. The maximum Gasteiger partial charge on any atom is 0.0897 e. The molecule has 0 saturated heterocycles. The predicted octanol–water partition coefficient (Wildman–Crippen LogP) is 3.22. The van der Waals surface area contributed by atoms with E-state index < -0.39 is 0 Å². The first-order valence-electron chi connectivity index (χ1n) is 7.09. The van der Waals surface area contributed by atoms with Crippen molar-refractivity contribution in [3.8, 4) is 0 Å². The maximum atomic E-state index is 5.71. The molecule has 0 spiro atoms. The topological polar surface area (TPSA) is 50.9 Å². The van der Waals surface area contributed by atoms with Crippen LogP contribution in [0.15, 0.2) is 47.8 Å². The van der Waals surface area contributed by atoms with Gasteiger partial charge in [-0.2, -0.15) is 0 Å². The van der Waals surface area contributed by atoms with Crippen LogP contribution in [-0.4, -0.2) is 11.0 Å². The average molecular weight is 297 g/mol. The van der Waals surface area contributed by atoms with E-state index in [0.717, 1.165) is 23.5 Å². The van der Waals surface area contributed by atoms with Crippen molar-refractivity contribution < 1.29 is 0 Å². The summed E-state index contributed by atoms with van der Waals surface area (Å²) in [6.45, 7) is 2.03. The predicted molar refractivity (Wildman–Crippen MR) is 89.3 cm³/mol. The fourth-order valence-electron chi connectivity index (χ4n) is 2.59. The molecule has 3 nitrogen and oxygen atoms in total. The van der Waals surface area contributed by atoms with Gasteiger partial charge >= 0.3 is 0 Å². The molecular formula is C17H19N3S. The smallest absolute Gasteiger partial charge is 0.0897 e. The van der Waals surface area contributed by atoms with Crippen LogP contribution in [0.1, 0.15) is 16.3 Å². The Hall–Kier alpha value is -1.75. The lowest BCUT2D eigenvalue weighted by Gasteiger charge is -2.15. The highest BCUT2D eigenvalue weighted by molar-refractivity contribution is 7.09. The van der Waals surface area contributed by atoms with Crippen molar-refractivity contribution in [2.45, 2.75) is 25.8 Å². The second kappa shape index (κ2) is 6.35. The largest absolute Gasteiger partial charge is 0.271 e. The zero-order valence-corrected chi connectivity index (χ0v) is 12.9. The second-order valence-electron chi connectivity index (χ2n) is 5.31. The molecule has 3 rings (SSSR count). The number of hydrogen-bond donors (Lipinski definition) is 2. The SMILES string of the molecule is Cc1nc(CC(Cc2ccc3ccccc3c2)NN)cs1. The van der Waals surface area contributed by atoms with Crippen LogP contribution < -0.4 is 11.3 Å². The standard InChI is InChI=1S/C17H19N3S/c1-12-19-17(11-21-12)10-16(20-18)9-13-6-7-14-4-2-3-5-15(14)8-13/h2-8,11,16,20H,9-10,18H2,1H3. The van der Waals surface area contributed by atoms with E-state index in [2.05, 4.69) is 58.3 Å². The van der Waals surface area contributed by atoms with Gasteiger partial charge in [-0.15, -0.1) is 11.3 Å². The number of fused-ring (bicyclic) bond motifs is 1. The van der Waals surface area contributed by atoms with Gasteiger partial charge in [0.2, 0.25) is 0 Å². The Morgan fingerprint density at radius 2 is 1.95 bits per heavy atom. The van der Waals surface area contributed by atoms with Gasteiger partial charge in [-0.05, 0) is 29.7 Å². The summed E-state index contributed by atoms with van der Waals surface area (Å²) < 4.78 is 0. The number of aromatic nitrogens is 1. The molecule has 0 fully saturated rings. The van der Waals surface area contributed by atoms with Crippen LogP contribution in [0.2, 0.25) is 0 Å². The molecule has 21 heavy (non-hydrogen) atoms. The fourth-order valence-corrected chi connectivity index (χ4v) is 3.22. The molecule has 1 heterocycles. The van der Waals surface area contributed by atoms with E-state index in [1.54, 1.807) is 11.3 Å². The highest BCUT2D eigenvalue weighted by Gasteiger charge is 2.11. The third kappa shape index (κ3) is 3.47. The lowest BCUT2D eigenvalue weighted by atomic mass is 9.99. The molecule has 1 unspecified atom stereocenters. The molecule has 1 atom stereocenters. The van der Waals surface area contributed by atoms with Gasteiger partial charge in [-0.1, -0.05) is 42.5 Å². The van der Waals surface area contributed by atoms with Crippen LogP contribution in [0.4, 0.5) is 0 Å². The monoisotopic (exact) mass is 297 g/mol. The third-order valence-corrected chi connectivity index (χ3v) is 4.48. The summed E-state index contributed by atoms with van der Waals surface area (Å²) in [4.78, 5) is 4.51. The molecule has 1 aromatic heterocycles. The van der Waals surface area contributed by atoms with Crippen LogP contribution in [0, 0.1) is 6.92 Å². The van der Waals surface area contributed by atoms with Gasteiger partial charge in [0, 0.05) is 17.8 Å². The molecule has 0 aliphatic rings. The molecule has 0 bridgehead atoms. The van der Waals surface area contributed by atoms with Gasteiger partial charge in [0.05, 0.1) is 10.7 Å². The number of nitrogens with one attached hydrogen (secondary N) is 1.